The van der Waals surface area contributed by atoms with Gasteiger partial charge in [0.1, 0.15) is 0 Å². The van der Waals surface area contributed by atoms with Gasteiger partial charge in [0.2, 0.25) is 0 Å². The number of ether oxygens (including phenoxy) is 1. The van der Waals surface area contributed by atoms with Gasteiger partial charge in [0.25, 0.3) is 0 Å². The lowest BCUT2D eigenvalue weighted by Crippen LogP contribution is -2.15. The average molecular weight is 342 g/mol. The summed E-state index contributed by atoms with van der Waals surface area (Å²) in [7, 11) is 0. The fraction of sp³-hybridized carbons (Fsp3) is 0.294. The van der Waals surface area contributed by atoms with E-state index in [1.807, 2.05) is 0 Å². The van der Waals surface area contributed by atoms with E-state index in [0.717, 1.165) is 17.7 Å². The van der Waals surface area contributed by atoms with Crippen LogP contribution in [0.1, 0.15) is 24.0 Å². The summed E-state index contributed by atoms with van der Waals surface area (Å²) in [5.74, 6) is -1.83. The van der Waals surface area contributed by atoms with Crippen molar-refractivity contribution in [1.29, 1.82) is 0 Å². The average Bonchev–Trinajstić information content (AvgIpc) is 2.52. The molecule has 0 saturated heterocycles. The lowest BCUT2D eigenvalue weighted by atomic mass is 9.92. The minimum atomic E-state index is -0.903. The first-order chi connectivity index (χ1) is 11.0. The van der Waals surface area contributed by atoms with Crippen molar-refractivity contribution in [1.82, 2.24) is 0 Å². The van der Waals surface area contributed by atoms with Gasteiger partial charge in [-0.15, -0.1) is 0 Å². The topological polar surface area (TPSA) is 55.5 Å². The maximum atomic E-state index is 13.4. The first-order valence-electron chi connectivity index (χ1n) is 7.25. The number of benzene rings is 2. The largest absolute Gasteiger partial charge is 0.503 e. The molecule has 0 aliphatic carbocycles. The van der Waals surface area contributed by atoms with E-state index >= 15 is 0 Å². The lowest BCUT2D eigenvalue weighted by Gasteiger charge is -2.17. The van der Waals surface area contributed by atoms with Crippen molar-refractivity contribution >= 4 is 11.6 Å². The molecule has 0 spiro atoms. The molecule has 23 heavy (non-hydrogen) atoms. The standard InChI is InChI=1S/C17H18ClF2NO2/c1-2-23-16-7-10(6-13(18)17(16)22)5-12(9-21)11-3-4-14(19)15(20)8-11/h3-4,6-8,12,22H,2,5,9,21H2,1H3. The number of nitrogens with two attached hydrogens (primary N) is 1. The molecule has 0 bridgehead atoms. The number of rotatable bonds is 6. The summed E-state index contributed by atoms with van der Waals surface area (Å²) in [5, 5.41) is 10.0. The fourth-order valence-corrected chi connectivity index (χ4v) is 2.63. The van der Waals surface area contributed by atoms with E-state index in [1.165, 1.54) is 6.07 Å². The van der Waals surface area contributed by atoms with Gasteiger partial charge in [-0.3, -0.25) is 0 Å². The zero-order chi connectivity index (χ0) is 17.0. The molecule has 0 aromatic heterocycles. The number of hydrogen-bond donors (Lipinski definition) is 2. The van der Waals surface area contributed by atoms with Gasteiger partial charge >= 0.3 is 0 Å². The van der Waals surface area contributed by atoms with E-state index in [0.29, 0.717) is 18.6 Å². The highest BCUT2D eigenvalue weighted by molar-refractivity contribution is 6.32. The van der Waals surface area contributed by atoms with Gasteiger partial charge in [0.15, 0.2) is 23.1 Å². The monoisotopic (exact) mass is 341 g/mol. The van der Waals surface area contributed by atoms with Crippen LogP contribution in [-0.4, -0.2) is 18.3 Å². The number of phenolic OH excluding ortho intramolecular Hbond substituents is 1. The zero-order valence-electron chi connectivity index (χ0n) is 12.7. The first-order valence-corrected chi connectivity index (χ1v) is 7.63. The highest BCUT2D eigenvalue weighted by Crippen LogP contribution is 2.36. The summed E-state index contributed by atoms with van der Waals surface area (Å²) in [4.78, 5) is 0. The second-order valence-corrected chi connectivity index (χ2v) is 5.57. The Kier molecular flexibility index (Phi) is 5.80. The minimum absolute atomic E-state index is 0.116. The van der Waals surface area contributed by atoms with Crippen LogP contribution in [-0.2, 0) is 6.42 Å². The summed E-state index contributed by atoms with van der Waals surface area (Å²) in [6.07, 6.45) is 0.460. The Morgan fingerprint density at radius 3 is 2.57 bits per heavy atom. The summed E-state index contributed by atoms with van der Waals surface area (Å²) in [6.45, 7) is 2.44. The third kappa shape index (κ3) is 4.12. The number of aromatic hydroxyl groups is 1. The van der Waals surface area contributed by atoms with Crippen LogP contribution in [0.4, 0.5) is 8.78 Å². The van der Waals surface area contributed by atoms with Crippen LogP contribution >= 0.6 is 11.6 Å². The van der Waals surface area contributed by atoms with E-state index in [4.69, 9.17) is 22.1 Å². The lowest BCUT2D eigenvalue weighted by molar-refractivity contribution is 0.318. The highest BCUT2D eigenvalue weighted by Gasteiger charge is 2.16. The van der Waals surface area contributed by atoms with Gasteiger partial charge in [-0.25, -0.2) is 8.78 Å². The molecule has 0 radical (unpaired) electrons. The number of hydrogen-bond acceptors (Lipinski definition) is 3. The Bertz CT molecular complexity index is 695. The Hall–Kier alpha value is -1.85. The molecule has 2 rings (SSSR count). The van der Waals surface area contributed by atoms with Crippen LogP contribution in [0.5, 0.6) is 11.5 Å². The van der Waals surface area contributed by atoms with Crippen LogP contribution in [0.25, 0.3) is 0 Å². The van der Waals surface area contributed by atoms with Crippen LogP contribution < -0.4 is 10.5 Å². The van der Waals surface area contributed by atoms with Crippen molar-refractivity contribution in [3.05, 3.63) is 58.1 Å². The van der Waals surface area contributed by atoms with Gasteiger partial charge in [0, 0.05) is 5.92 Å². The molecule has 0 aliphatic rings. The highest BCUT2D eigenvalue weighted by atomic mass is 35.5. The predicted molar refractivity (Wildman–Crippen MR) is 86.1 cm³/mol. The number of halogens is 3. The van der Waals surface area contributed by atoms with Gasteiger partial charge in [-0.1, -0.05) is 17.7 Å². The maximum Gasteiger partial charge on any atom is 0.176 e. The molecule has 0 fully saturated rings. The molecule has 124 valence electrons. The Balaban J connectivity index is 2.29. The molecule has 0 saturated carbocycles. The van der Waals surface area contributed by atoms with E-state index in [2.05, 4.69) is 0 Å². The van der Waals surface area contributed by atoms with Crippen molar-refractivity contribution < 1.29 is 18.6 Å². The van der Waals surface area contributed by atoms with Crippen molar-refractivity contribution in [2.75, 3.05) is 13.2 Å². The van der Waals surface area contributed by atoms with Crippen molar-refractivity contribution in [3.63, 3.8) is 0 Å². The molecule has 0 aliphatic heterocycles. The minimum Gasteiger partial charge on any atom is -0.503 e. The molecule has 2 aromatic carbocycles. The molecule has 1 unspecified atom stereocenters. The Morgan fingerprint density at radius 1 is 1.22 bits per heavy atom. The van der Waals surface area contributed by atoms with Crippen molar-refractivity contribution in [2.24, 2.45) is 5.73 Å². The SMILES string of the molecule is CCOc1cc(CC(CN)c2ccc(F)c(F)c2)cc(Cl)c1O. The fourth-order valence-electron chi connectivity index (χ4n) is 2.40. The predicted octanol–water partition coefficient (Wildman–Crippen LogP) is 4.01. The summed E-state index contributed by atoms with van der Waals surface area (Å²) in [6, 6.07) is 7.04. The van der Waals surface area contributed by atoms with Crippen LogP contribution in [0.15, 0.2) is 30.3 Å². The molecular formula is C17H18ClF2NO2. The molecule has 0 amide bonds. The second kappa shape index (κ2) is 7.62. The molecule has 3 nitrogen and oxygen atoms in total. The van der Waals surface area contributed by atoms with E-state index in [9.17, 15) is 13.9 Å². The van der Waals surface area contributed by atoms with Crippen molar-refractivity contribution in [2.45, 2.75) is 19.3 Å². The van der Waals surface area contributed by atoms with Crippen LogP contribution in [0, 0.1) is 11.6 Å². The van der Waals surface area contributed by atoms with E-state index in [-0.39, 0.29) is 29.0 Å². The molecule has 0 heterocycles. The maximum absolute atomic E-state index is 13.4. The summed E-state index contributed by atoms with van der Waals surface area (Å²) >= 11 is 6.00. The number of phenols is 1. The summed E-state index contributed by atoms with van der Waals surface area (Å²) in [5.41, 5.74) is 7.17. The van der Waals surface area contributed by atoms with Gasteiger partial charge in [-0.05, 0) is 55.3 Å². The normalized spacial score (nSPS) is 12.2. The second-order valence-electron chi connectivity index (χ2n) is 5.17. The Morgan fingerprint density at radius 2 is 1.96 bits per heavy atom. The molecule has 6 heteroatoms. The van der Waals surface area contributed by atoms with E-state index < -0.39 is 11.6 Å². The molecule has 3 N–H and O–H groups in total. The van der Waals surface area contributed by atoms with Gasteiger partial charge < -0.3 is 15.6 Å². The zero-order valence-corrected chi connectivity index (χ0v) is 13.4. The quantitative estimate of drug-likeness (QED) is 0.834. The van der Waals surface area contributed by atoms with Crippen LogP contribution in [0.2, 0.25) is 5.02 Å². The van der Waals surface area contributed by atoms with Crippen molar-refractivity contribution in [3.8, 4) is 11.5 Å². The third-order valence-corrected chi connectivity index (χ3v) is 3.86. The smallest absolute Gasteiger partial charge is 0.176 e. The molecule has 1 atom stereocenters. The Labute approximate surface area is 138 Å². The van der Waals surface area contributed by atoms with Crippen LogP contribution in [0.3, 0.4) is 0 Å². The van der Waals surface area contributed by atoms with Gasteiger partial charge in [0.05, 0.1) is 11.6 Å². The summed E-state index contributed by atoms with van der Waals surface area (Å²) < 4.78 is 31.8. The molecular weight excluding hydrogens is 324 g/mol. The first kappa shape index (κ1) is 17.5. The van der Waals surface area contributed by atoms with E-state index in [1.54, 1.807) is 19.1 Å². The third-order valence-electron chi connectivity index (χ3n) is 3.57. The van der Waals surface area contributed by atoms with Gasteiger partial charge in [-0.2, -0.15) is 0 Å². The molecule has 2 aromatic rings.